The summed E-state index contributed by atoms with van der Waals surface area (Å²) in [7, 11) is 0. The molecule has 0 unspecified atom stereocenters. The molecule has 4 saturated carbocycles. The van der Waals surface area contributed by atoms with Crippen molar-refractivity contribution in [3.63, 3.8) is 0 Å². The molecule has 31 heavy (non-hydrogen) atoms. The van der Waals surface area contributed by atoms with Crippen molar-refractivity contribution < 1.29 is 4.79 Å². The van der Waals surface area contributed by atoms with Crippen LogP contribution in [0.3, 0.4) is 0 Å². The highest BCUT2D eigenvalue weighted by atomic mass is 32.1. The van der Waals surface area contributed by atoms with Gasteiger partial charge in [0.05, 0.1) is 21.7 Å². The molecule has 4 aliphatic carbocycles. The van der Waals surface area contributed by atoms with E-state index in [-0.39, 0.29) is 11.9 Å². The SMILES string of the molecule is Cc1ccc(-c2cc(C(=O)N[C@@H](C)C34CC5CC(CC(C5)C3)C4)c3ccccc3n2)s1. The van der Waals surface area contributed by atoms with Crippen molar-refractivity contribution in [3.8, 4) is 10.6 Å². The van der Waals surface area contributed by atoms with E-state index in [9.17, 15) is 4.79 Å². The number of nitrogens with one attached hydrogen (secondary N) is 1. The molecule has 3 aromatic rings. The molecule has 3 nitrogen and oxygen atoms in total. The second-order valence-electron chi connectivity index (χ2n) is 10.5. The van der Waals surface area contributed by atoms with Crippen molar-refractivity contribution in [2.45, 2.75) is 58.4 Å². The molecule has 160 valence electrons. The molecule has 0 radical (unpaired) electrons. The van der Waals surface area contributed by atoms with Gasteiger partial charge in [-0.25, -0.2) is 4.98 Å². The second-order valence-corrected chi connectivity index (χ2v) is 11.7. The van der Waals surface area contributed by atoms with Crippen LogP contribution in [0.25, 0.3) is 21.5 Å². The molecule has 2 aromatic heterocycles. The summed E-state index contributed by atoms with van der Waals surface area (Å²) in [6.45, 7) is 4.37. The van der Waals surface area contributed by atoms with Crippen molar-refractivity contribution in [2.75, 3.05) is 0 Å². The van der Waals surface area contributed by atoms with Gasteiger partial charge in [-0.2, -0.15) is 0 Å². The highest BCUT2D eigenvalue weighted by Gasteiger charge is 2.53. The smallest absolute Gasteiger partial charge is 0.252 e. The molecule has 2 heterocycles. The number of carbonyl (C=O) groups is 1. The first-order chi connectivity index (χ1) is 15.0. The highest BCUT2D eigenvalue weighted by Crippen LogP contribution is 2.61. The Bertz CT molecular complexity index is 1130. The number of aromatic nitrogens is 1. The van der Waals surface area contributed by atoms with E-state index in [1.165, 1.54) is 43.4 Å². The summed E-state index contributed by atoms with van der Waals surface area (Å²) in [6, 6.07) is 14.5. The zero-order chi connectivity index (χ0) is 21.2. The van der Waals surface area contributed by atoms with Crippen LogP contribution in [0.5, 0.6) is 0 Å². The number of thiophene rings is 1. The minimum absolute atomic E-state index is 0.0522. The number of carbonyl (C=O) groups excluding carboxylic acids is 1. The van der Waals surface area contributed by atoms with E-state index in [1.54, 1.807) is 11.3 Å². The first-order valence-electron chi connectivity index (χ1n) is 11.8. The van der Waals surface area contributed by atoms with Crippen molar-refractivity contribution in [3.05, 3.63) is 52.9 Å². The van der Waals surface area contributed by atoms with Crippen LogP contribution in [0, 0.1) is 30.1 Å². The Morgan fingerprint density at radius 3 is 2.39 bits per heavy atom. The standard InChI is InChI=1S/C27H30N2OS/c1-16-7-8-25(31-16)24-12-22(21-5-3-4-6-23(21)29-24)26(30)28-17(2)27-13-18-9-19(14-27)11-20(10-18)15-27/h3-8,12,17-20H,9-11,13-15H2,1-2H3,(H,28,30)/t17-,18?,19?,20?,27?/m0/s1. The molecule has 1 amide bonds. The maximum absolute atomic E-state index is 13.6. The summed E-state index contributed by atoms with van der Waals surface area (Å²) in [6.07, 6.45) is 8.20. The van der Waals surface area contributed by atoms with Gasteiger partial charge in [-0.3, -0.25) is 4.79 Å². The third-order valence-corrected chi connectivity index (χ3v) is 9.33. The Morgan fingerprint density at radius 1 is 1.06 bits per heavy atom. The van der Waals surface area contributed by atoms with Gasteiger partial charge >= 0.3 is 0 Å². The van der Waals surface area contributed by atoms with Crippen LogP contribution in [-0.4, -0.2) is 16.9 Å². The lowest BCUT2D eigenvalue weighted by atomic mass is 9.48. The van der Waals surface area contributed by atoms with Gasteiger partial charge in [0.1, 0.15) is 0 Å². The van der Waals surface area contributed by atoms with Crippen molar-refractivity contribution in [1.29, 1.82) is 0 Å². The number of fused-ring (bicyclic) bond motifs is 1. The van der Waals surface area contributed by atoms with E-state index in [1.807, 2.05) is 30.3 Å². The van der Waals surface area contributed by atoms with Gasteiger partial charge in [0.15, 0.2) is 0 Å². The van der Waals surface area contributed by atoms with Gasteiger partial charge in [0.25, 0.3) is 5.91 Å². The van der Waals surface area contributed by atoms with Crippen LogP contribution in [0.1, 0.15) is 60.7 Å². The topological polar surface area (TPSA) is 42.0 Å². The molecule has 0 spiro atoms. The molecular formula is C27H30N2OS. The van der Waals surface area contributed by atoms with Gasteiger partial charge in [-0.05, 0) is 99.8 Å². The van der Waals surface area contributed by atoms with Crippen molar-refractivity contribution in [1.82, 2.24) is 10.3 Å². The van der Waals surface area contributed by atoms with Crippen LogP contribution in [0.4, 0.5) is 0 Å². The molecule has 1 atom stereocenters. The molecule has 0 aliphatic heterocycles. The number of pyridine rings is 1. The monoisotopic (exact) mass is 430 g/mol. The van der Waals surface area contributed by atoms with Crippen molar-refractivity contribution >= 4 is 28.1 Å². The summed E-state index contributed by atoms with van der Waals surface area (Å²) >= 11 is 1.73. The average Bonchev–Trinajstić information content (AvgIpc) is 3.18. The summed E-state index contributed by atoms with van der Waals surface area (Å²) in [5.74, 6) is 2.72. The fourth-order valence-corrected chi connectivity index (χ4v) is 8.03. The second kappa shape index (κ2) is 7.16. The number of nitrogens with zero attached hydrogens (tertiary/aromatic N) is 1. The highest BCUT2D eigenvalue weighted by molar-refractivity contribution is 7.15. The number of para-hydroxylation sites is 1. The number of rotatable bonds is 4. The lowest BCUT2D eigenvalue weighted by Gasteiger charge is -2.59. The lowest BCUT2D eigenvalue weighted by molar-refractivity contribution is -0.0687. The van der Waals surface area contributed by atoms with Crippen LogP contribution in [0.2, 0.25) is 0 Å². The number of amides is 1. The minimum atomic E-state index is 0.0522. The van der Waals surface area contributed by atoms with Crippen LogP contribution >= 0.6 is 11.3 Å². The Balaban J connectivity index is 1.33. The van der Waals surface area contributed by atoms with E-state index in [2.05, 4.69) is 31.3 Å². The summed E-state index contributed by atoms with van der Waals surface area (Å²) in [5, 5.41) is 4.41. The summed E-state index contributed by atoms with van der Waals surface area (Å²) in [4.78, 5) is 20.9. The third kappa shape index (κ3) is 3.31. The van der Waals surface area contributed by atoms with Crippen LogP contribution in [0.15, 0.2) is 42.5 Å². The molecule has 4 fully saturated rings. The maximum Gasteiger partial charge on any atom is 0.252 e. The Hall–Kier alpha value is -2.20. The quantitative estimate of drug-likeness (QED) is 0.506. The van der Waals surface area contributed by atoms with Crippen LogP contribution in [-0.2, 0) is 0 Å². The first kappa shape index (κ1) is 19.5. The van der Waals surface area contributed by atoms with Gasteiger partial charge < -0.3 is 5.32 Å². The van der Waals surface area contributed by atoms with Gasteiger partial charge in [0.2, 0.25) is 0 Å². The van der Waals surface area contributed by atoms with E-state index in [0.29, 0.717) is 5.41 Å². The van der Waals surface area contributed by atoms with E-state index < -0.39 is 0 Å². The predicted molar refractivity (Wildman–Crippen MR) is 127 cm³/mol. The first-order valence-corrected chi connectivity index (χ1v) is 12.6. The third-order valence-electron chi connectivity index (χ3n) is 8.31. The number of hydrogen-bond acceptors (Lipinski definition) is 3. The molecule has 0 saturated heterocycles. The molecule has 1 aromatic carbocycles. The summed E-state index contributed by atoms with van der Waals surface area (Å²) < 4.78 is 0. The fourth-order valence-electron chi connectivity index (χ4n) is 7.20. The average molecular weight is 431 g/mol. The Kier molecular flexibility index (Phi) is 4.50. The van der Waals surface area contributed by atoms with Crippen molar-refractivity contribution in [2.24, 2.45) is 23.2 Å². The predicted octanol–water partition coefficient (Wildman–Crippen LogP) is 6.61. The van der Waals surface area contributed by atoms with Gasteiger partial charge in [-0.15, -0.1) is 11.3 Å². The molecule has 4 heteroatoms. The van der Waals surface area contributed by atoms with Gasteiger partial charge in [-0.1, -0.05) is 18.2 Å². The molecular weight excluding hydrogens is 400 g/mol. The van der Waals surface area contributed by atoms with Crippen LogP contribution < -0.4 is 5.32 Å². The fraction of sp³-hybridized carbons (Fsp3) is 0.481. The van der Waals surface area contributed by atoms with E-state index in [4.69, 9.17) is 4.98 Å². The zero-order valence-electron chi connectivity index (χ0n) is 18.4. The van der Waals surface area contributed by atoms with E-state index in [0.717, 1.165) is 44.8 Å². The largest absolute Gasteiger partial charge is 0.349 e. The molecule has 4 bridgehead atoms. The summed E-state index contributed by atoms with van der Waals surface area (Å²) in [5.41, 5.74) is 2.84. The molecule has 4 aliphatic rings. The van der Waals surface area contributed by atoms with E-state index >= 15 is 0 Å². The molecule has 7 rings (SSSR count). The zero-order valence-corrected chi connectivity index (χ0v) is 19.2. The Morgan fingerprint density at radius 2 is 1.74 bits per heavy atom. The number of aryl methyl sites for hydroxylation is 1. The minimum Gasteiger partial charge on any atom is -0.349 e. The number of benzene rings is 1. The lowest BCUT2D eigenvalue weighted by Crippen LogP contribution is -2.55. The Labute approximate surface area is 188 Å². The molecule has 1 N–H and O–H groups in total. The number of hydrogen-bond donors (Lipinski definition) is 1. The maximum atomic E-state index is 13.6. The van der Waals surface area contributed by atoms with Gasteiger partial charge in [0, 0.05) is 16.3 Å². The normalized spacial score (nSPS) is 29.9.